The van der Waals surface area contributed by atoms with Gasteiger partial charge >= 0.3 is 0 Å². The van der Waals surface area contributed by atoms with E-state index < -0.39 is 0 Å². The van der Waals surface area contributed by atoms with Crippen LogP contribution < -0.4 is 15.4 Å². The summed E-state index contributed by atoms with van der Waals surface area (Å²) in [6, 6.07) is 10.8. The van der Waals surface area contributed by atoms with Crippen LogP contribution in [0.3, 0.4) is 0 Å². The first-order chi connectivity index (χ1) is 10.5. The van der Waals surface area contributed by atoms with Gasteiger partial charge in [-0.25, -0.2) is 0 Å². The molecule has 0 bridgehead atoms. The van der Waals surface area contributed by atoms with Crippen molar-refractivity contribution in [3.63, 3.8) is 0 Å². The SMILES string of the molecule is Cc1cccc(C)c1NC(=O)c1ccc2c(c1)NC(=O)CO2. The molecule has 0 unspecified atom stereocenters. The number of benzene rings is 2. The van der Waals surface area contributed by atoms with Gasteiger partial charge in [0.25, 0.3) is 11.8 Å². The van der Waals surface area contributed by atoms with Crippen molar-refractivity contribution in [1.29, 1.82) is 0 Å². The van der Waals surface area contributed by atoms with Crippen molar-refractivity contribution < 1.29 is 14.3 Å². The molecule has 1 aliphatic rings. The highest BCUT2D eigenvalue weighted by molar-refractivity contribution is 6.06. The molecule has 5 heteroatoms. The van der Waals surface area contributed by atoms with Crippen LogP contribution in [0.4, 0.5) is 11.4 Å². The van der Waals surface area contributed by atoms with Crippen molar-refractivity contribution in [1.82, 2.24) is 0 Å². The molecule has 0 saturated carbocycles. The second-order valence-electron chi connectivity index (χ2n) is 5.27. The fraction of sp³-hybridized carbons (Fsp3) is 0.176. The van der Waals surface area contributed by atoms with Gasteiger partial charge < -0.3 is 15.4 Å². The van der Waals surface area contributed by atoms with Gasteiger partial charge in [0.15, 0.2) is 6.61 Å². The lowest BCUT2D eigenvalue weighted by atomic mass is 10.1. The molecule has 22 heavy (non-hydrogen) atoms. The summed E-state index contributed by atoms with van der Waals surface area (Å²) in [6.07, 6.45) is 0. The van der Waals surface area contributed by atoms with E-state index in [1.807, 2.05) is 32.0 Å². The monoisotopic (exact) mass is 296 g/mol. The summed E-state index contributed by atoms with van der Waals surface area (Å²) in [6.45, 7) is 3.90. The first-order valence-corrected chi connectivity index (χ1v) is 6.99. The van der Waals surface area contributed by atoms with Crippen LogP contribution in [0, 0.1) is 13.8 Å². The van der Waals surface area contributed by atoms with Crippen molar-refractivity contribution >= 4 is 23.2 Å². The van der Waals surface area contributed by atoms with Crippen LogP contribution in [-0.2, 0) is 4.79 Å². The predicted molar refractivity (Wildman–Crippen MR) is 84.4 cm³/mol. The zero-order chi connectivity index (χ0) is 15.7. The molecule has 5 nitrogen and oxygen atoms in total. The first kappa shape index (κ1) is 14.1. The van der Waals surface area contributed by atoms with Crippen LogP contribution in [0.5, 0.6) is 5.75 Å². The van der Waals surface area contributed by atoms with Crippen molar-refractivity contribution in [2.24, 2.45) is 0 Å². The molecule has 0 spiro atoms. The number of hydrogen-bond acceptors (Lipinski definition) is 3. The molecule has 0 fully saturated rings. The Balaban J connectivity index is 1.87. The highest BCUT2D eigenvalue weighted by Gasteiger charge is 2.18. The quantitative estimate of drug-likeness (QED) is 0.895. The van der Waals surface area contributed by atoms with Gasteiger partial charge in [0.05, 0.1) is 5.69 Å². The number of rotatable bonds is 2. The van der Waals surface area contributed by atoms with Crippen LogP contribution in [-0.4, -0.2) is 18.4 Å². The summed E-state index contributed by atoms with van der Waals surface area (Å²) in [4.78, 5) is 23.8. The number of hydrogen-bond donors (Lipinski definition) is 2. The standard InChI is InChI=1S/C17H16N2O3/c1-10-4-3-5-11(2)16(10)19-17(21)12-6-7-14-13(8-12)18-15(20)9-22-14/h3-8H,9H2,1-2H3,(H,18,20)(H,19,21). The summed E-state index contributed by atoms with van der Waals surface area (Å²) < 4.78 is 5.28. The molecule has 112 valence electrons. The predicted octanol–water partition coefficient (Wildman–Crippen LogP) is 2.89. The minimum Gasteiger partial charge on any atom is -0.482 e. The molecule has 1 heterocycles. The molecule has 2 amide bonds. The number of aryl methyl sites for hydroxylation is 2. The average Bonchev–Trinajstić information content (AvgIpc) is 2.50. The van der Waals surface area contributed by atoms with E-state index >= 15 is 0 Å². The molecular formula is C17H16N2O3. The molecule has 0 aliphatic carbocycles. The third-order valence-corrected chi connectivity index (χ3v) is 3.59. The lowest BCUT2D eigenvalue weighted by Crippen LogP contribution is -2.25. The summed E-state index contributed by atoms with van der Waals surface area (Å²) >= 11 is 0. The number of amides is 2. The Bertz CT molecular complexity index is 748. The van der Waals surface area contributed by atoms with Gasteiger partial charge in [0, 0.05) is 11.3 Å². The van der Waals surface area contributed by atoms with Crippen molar-refractivity contribution in [3.8, 4) is 5.75 Å². The van der Waals surface area contributed by atoms with E-state index in [-0.39, 0.29) is 18.4 Å². The minimum absolute atomic E-state index is 0.000940. The van der Waals surface area contributed by atoms with Crippen LogP contribution in [0.15, 0.2) is 36.4 Å². The van der Waals surface area contributed by atoms with Gasteiger partial charge in [-0.15, -0.1) is 0 Å². The molecular weight excluding hydrogens is 280 g/mol. The molecule has 3 rings (SSSR count). The molecule has 0 saturated heterocycles. The summed E-state index contributed by atoms with van der Waals surface area (Å²) in [5.41, 5.74) is 3.80. The maximum absolute atomic E-state index is 12.4. The molecule has 0 aromatic heterocycles. The smallest absolute Gasteiger partial charge is 0.262 e. The van der Waals surface area contributed by atoms with Gasteiger partial charge in [0.1, 0.15) is 5.75 Å². The number of nitrogens with one attached hydrogen (secondary N) is 2. The summed E-state index contributed by atoms with van der Waals surface area (Å²) in [5.74, 6) is 0.128. The Kier molecular flexibility index (Phi) is 3.55. The highest BCUT2D eigenvalue weighted by Crippen LogP contribution is 2.29. The fourth-order valence-corrected chi connectivity index (χ4v) is 2.42. The van der Waals surface area contributed by atoms with Gasteiger partial charge in [-0.2, -0.15) is 0 Å². The van der Waals surface area contributed by atoms with Crippen LogP contribution >= 0.6 is 0 Å². The zero-order valence-electron chi connectivity index (χ0n) is 12.4. The number of carbonyl (C=O) groups is 2. The molecule has 1 aliphatic heterocycles. The van der Waals surface area contributed by atoms with E-state index in [2.05, 4.69) is 10.6 Å². The van der Waals surface area contributed by atoms with Gasteiger partial charge in [-0.3, -0.25) is 9.59 Å². The average molecular weight is 296 g/mol. The molecule has 0 radical (unpaired) electrons. The maximum Gasteiger partial charge on any atom is 0.262 e. The largest absolute Gasteiger partial charge is 0.482 e. The number of carbonyl (C=O) groups excluding carboxylic acids is 2. The third kappa shape index (κ3) is 2.65. The number of anilines is 2. The fourth-order valence-electron chi connectivity index (χ4n) is 2.42. The van der Waals surface area contributed by atoms with E-state index in [0.29, 0.717) is 17.0 Å². The Labute approximate surface area is 128 Å². The van der Waals surface area contributed by atoms with Gasteiger partial charge in [-0.1, -0.05) is 18.2 Å². The van der Waals surface area contributed by atoms with E-state index in [4.69, 9.17) is 4.74 Å². The van der Waals surface area contributed by atoms with Crippen LogP contribution in [0.1, 0.15) is 21.5 Å². The lowest BCUT2D eigenvalue weighted by Gasteiger charge is -2.18. The van der Waals surface area contributed by atoms with E-state index in [9.17, 15) is 9.59 Å². The zero-order valence-corrected chi connectivity index (χ0v) is 12.4. The topological polar surface area (TPSA) is 67.4 Å². The van der Waals surface area contributed by atoms with Crippen molar-refractivity contribution in [2.45, 2.75) is 13.8 Å². The third-order valence-electron chi connectivity index (χ3n) is 3.59. The van der Waals surface area contributed by atoms with E-state index in [0.717, 1.165) is 16.8 Å². The Morgan fingerprint density at radius 3 is 2.64 bits per heavy atom. The van der Waals surface area contributed by atoms with Crippen LogP contribution in [0.25, 0.3) is 0 Å². The normalized spacial score (nSPS) is 12.9. The maximum atomic E-state index is 12.4. The lowest BCUT2D eigenvalue weighted by molar-refractivity contribution is -0.118. The number of fused-ring (bicyclic) bond motifs is 1. The number of para-hydroxylation sites is 1. The second-order valence-corrected chi connectivity index (χ2v) is 5.27. The number of ether oxygens (including phenoxy) is 1. The Morgan fingerprint density at radius 1 is 1.18 bits per heavy atom. The minimum atomic E-state index is -0.222. The Hall–Kier alpha value is -2.82. The highest BCUT2D eigenvalue weighted by atomic mass is 16.5. The molecule has 2 aromatic rings. The molecule has 0 atom stereocenters. The van der Waals surface area contributed by atoms with E-state index in [1.54, 1.807) is 18.2 Å². The second kappa shape index (κ2) is 5.52. The van der Waals surface area contributed by atoms with Crippen molar-refractivity contribution in [3.05, 3.63) is 53.1 Å². The summed E-state index contributed by atoms with van der Waals surface area (Å²) in [5, 5.41) is 5.62. The summed E-state index contributed by atoms with van der Waals surface area (Å²) in [7, 11) is 0. The molecule has 2 N–H and O–H groups in total. The van der Waals surface area contributed by atoms with Crippen LogP contribution in [0.2, 0.25) is 0 Å². The van der Waals surface area contributed by atoms with Gasteiger partial charge in [-0.05, 0) is 43.2 Å². The van der Waals surface area contributed by atoms with E-state index in [1.165, 1.54) is 0 Å². The molecule has 2 aromatic carbocycles. The van der Waals surface area contributed by atoms with Crippen molar-refractivity contribution in [2.75, 3.05) is 17.2 Å². The first-order valence-electron chi connectivity index (χ1n) is 6.99. The van der Waals surface area contributed by atoms with Gasteiger partial charge in [0.2, 0.25) is 0 Å². The Morgan fingerprint density at radius 2 is 1.91 bits per heavy atom.